The highest BCUT2D eigenvalue weighted by Crippen LogP contribution is 2.21. The van der Waals surface area contributed by atoms with Gasteiger partial charge in [0, 0.05) is 13.1 Å². The van der Waals surface area contributed by atoms with Gasteiger partial charge < -0.3 is 5.11 Å². The molecule has 0 bridgehead atoms. The van der Waals surface area contributed by atoms with Crippen molar-refractivity contribution in [2.75, 3.05) is 19.6 Å². The van der Waals surface area contributed by atoms with Crippen LogP contribution >= 0.6 is 0 Å². The van der Waals surface area contributed by atoms with Gasteiger partial charge in [-0.3, -0.25) is 4.90 Å². The smallest absolute Gasteiger partial charge is 0.131 e. The number of aliphatic hydroxyl groups excluding tert-OH is 1. The van der Waals surface area contributed by atoms with Gasteiger partial charge in [0.05, 0.1) is 11.7 Å². The van der Waals surface area contributed by atoms with Crippen LogP contribution in [0, 0.1) is 11.6 Å². The van der Waals surface area contributed by atoms with Gasteiger partial charge in [0.25, 0.3) is 0 Å². The van der Waals surface area contributed by atoms with E-state index in [0.29, 0.717) is 13.1 Å². The van der Waals surface area contributed by atoms with E-state index in [2.05, 4.69) is 6.58 Å². The number of likely N-dealkylation sites (N-methyl/N-ethyl adjacent to an activating group) is 1. The quantitative estimate of drug-likeness (QED) is 0.790. The summed E-state index contributed by atoms with van der Waals surface area (Å²) >= 11 is 0. The third-order valence-corrected chi connectivity index (χ3v) is 2.70. The van der Waals surface area contributed by atoms with Gasteiger partial charge in [0.2, 0.25) is 0 Å². The van der Waals surface area contributed by atoms with E-state index in [1.165, 1.54) is 6.07 Å². The van der Waals surface area contributed by atoms with Crippen molar-refractivity contribution in [3.8, 4) is 0 Å². The number of hydrogen-bond acceptors (Lipinski definition) is 2. The molecule has 100 valence electrons. The molecule has 0 radical (unpaired) electrons. The van der Waals surface area contributed by atoms with Gasteiger partial charge in [0.15, 0.2) is 0 Å². The number of nitrogens with zero attached hydrogens (tertiary/aromatic N) is 1. The number of aliphatic hydroxyl groups is 1. The molecule has 0 saturated carbocycles. The molecule has 1 N–H and O–H groups in total. The van der Waals surface area contributed by atoms with Crippen molar-refractivity contribution < 1.29 is 13.9 Å². The van der Waals surface area contributed by atoms with Gasteiger partial charge in [-0.2, -0.15) is 0 Å². The lowest BCUT2D eigenvalue weighted by Crippen LogP contribution is -2.30. The Balaban J connectivity index is 2.80. The number of hydrogen-bond donors (Lipinski definition) is 1. The minimum atomic E-state index is -1.18. The minimum absolute atomic E-state index is 0.182. The fraction of sp³-hybridized carbons (Fsp3) is 0.429. The zero-order chi connectivity index (χ0) is 13.7. The standard InChI is InChI=1S/C14H19F2NO/c1-4-17(8-10(2)3)9-13(18)14-11(15)6-5-7-12(14)16/h5-7,13,18H,2,4,8-9H2,1,3H3. The maximum Gasteiger partial charge on any atom is 0.131 e. The molecule has 1 rings (SSSR count). The monoisotopic (exact) mass is 255 g/mol. The predicted molar refractivity (Wildman–Crippen MR) is 68.2 cm³/mol. The van der Waals surface area contributed by atoms with E-state index in [-0.39, 0.29) is 12.1 Å². The third-order valence-electron chi connectivity index (χ3n) is 2.70. The van der Waals surface area contributed by atoms with E-state index in [1.54, 1.807) is 0 Å². The van der Waals surface area contributed by atoms with Gasteiger partial charge in [0.1, 0.15) is 11.6 Å². The molecular formula is C14H19F2NO. The Bertz CT molecular complexity index is 400. The van der Waals surface area contributed by atoms with E-state index >= 15 is 0 Å². The molecule has 2 nitrogen and oxygen atoms in total. The van der Waals surface area contributed by atoms with Crippen LogP contribution < -0.4 is 0 Å². The molecule has 1 aromatic carbocycles. The summed E-state index contributed by atoms with van der Waals surface area (Å²) in [5.74, 6) is -1.43. The first kappa shape index (κ1) is 14.8. The van der Waals surface area contributed by atoms with Crippen LogP contribution in [0.3, 0.4) is 0 Å². The Morgan fingerprint density at radius 1 is 1.39 bits per heavy atom. The van der Waals surface area contributed by atoms with Crippen LogP contribution in [-0.4, -0.2) is 29.6 Å². The highest BCUT2D eigenvalue weighted by Gasteiger charge is 2.19. The molecule has 0 saturated heterocycles. The maximum absolute atomic E-state index is 13.5. The molecule has 0 fully saturated rings. The van der Waals surface area contributed by atoms with Crippen LogP contribution in [0.5, 0.6) is 0 Å². The molecule has 0 spiro atoms. The average Bonchev–Trinajstić information content (AvgIpc) is 2.27. The van der Waals surface area contributed by atoms with Crippen molar-refractivity contribution >= 4 is 0 Å². The number of benzene rings is 1. The summed E-state index contributed by atoms with van der Waals surface area (Å²) in [5.41, 5.74) is 0.677. The summed E-state index contributed by atoms with van der Waals surface area (Å²) in [4.78, 5) is 1.89. The van der Waals surface area contributed by atoms with Crippen LogP contribution in [-0.2, 0) is 0 Å². The molecule has 0 aromatic heterocycles. The molecule has 0 amide bonds. The summed E-state index contributed by atoms with van der Waals surface area (Å²) in [6.07, 6.45) is -1.18. The van der Waals surface area contributed by atoms with E-state index in [4.69, 9.17) is 0 Å². The average molecular weight is 255 g/mol. The first-order valence-electron chi connectivity index (χ1n) is 5.94. The lowest BCUT2D eigenvalue weighted by Gasteiger charge is -2.24. The van der Waals surface area contributed by atoms with Gasteiger partial charge in [-0.1, -0.05) is 25.1 Å². The van der Waals surface area contributed by atoms with Gasteiger partial charge in [-0.15, -0.1) is 0 Å². The zero-order valence-electron chi connectivity index (χ0n) is 10.8. The first-order chi connectivity index (χ1) is 8.45. The normalized spacial score (nSPS) is 12.8. The van der Waals surface area contributed by atoms with Crippen LogP contribution in [0.2, 0.25) is 0 Å². The lowest BCUT2D eigenvalue weighted by atomic mass is 10.1. The van der Waals surface area contributed by atoms with Gasteiger partial charge >= 0.3 is 0 Å². The van der Waals surface area contributed by atoms with Crippen molar-refractivity contribution in [2.45, 2.75) is 20.0 Å². The van der Waals surface area contributed by atoms with Crippen LogP contribution in [0.25, 0.3) is 0 Å². The van der Waals surface area contributed by atoms with E-state index in [9.17, 15) is 13.9 Å². The highest BCUT2D eigenvalue weighted by molar-refractivity contribution is 5.22. The molecule has 1 unspecified atom stereocenters. The van der Waals surface area contributed by atoms with Crippen molar-refractivity contribution in [2.24, 2.45) is 0 Å². The lowest BCUT2D eigenvalue weighted by molar-refractivity contribution is 0.114. The predicted octanol–water partition coefficient (Wildman–Crippen LogP) is 2.90. The molecule has 0 heterocycles. The second kappa shape index (κ2) is 6.61. The van der Waals surface area contributed by atoms with Crippen molar-refractivity contribution in [3.63, 3.8) is 0 Å². The second-order valence-electron chi connectivity index (χ2n) is 4.44. The van der Waals surface area contributed by atoms with Gasteiger partial charge in [-0.25, -0.2) is 8.78 Å². The Morgan fingerprint density at radius 3 is 2.39 bits per heavy atom. The first-order valence-corrected chi connectivity index (χ1v) is 5.94. The van der Waals surface area contributed by atoms with Crippen molar-refractivity contribution in [3.05, 3.63) is 47.5 Å². The maximum atomic E-state index is 13.5. The molecule has 4 heteroatoms. The van der Waals surface area contributed by atoms with Crippen LogP contribution in [0.1, 0.15) is 25.5 Å². The highest BCUT2D eigenvalue weighted by atomic mass is 19.1. The zero-order valence-corrected chi connectivity index (χ0v) is 10.8. The fourth-order valence-electron chi connectivity index (χ4n) is 1.85. The van der Waals surface area contributed by atoms with E-state index in [0.717, 1.165) is 17.7 Å². The van der Waals surface area contributed by atoms with Crippen molar-refractivity contribution in [1.29, 1.82) is 0 Å². The summed E-state index contributed by atoms with van der Waals surface area (Å²) in [7, 11) is 0. The van der Waals surface area contributed by atoms with Crippen LogP contribution in [0.4, 0.5) is 8.78 Å². The summed E-state index contributed by atoms with van der Waals surface area (Å²) < 4.78 is 27.0. The molecular weight excluding hydrogens is 236 g/mol. The number of halogens is 2. The Labute approximate surface area is 107 Å². The van der Waals surface area contributed by atoms with E-state index in [1.807, 2.05) is 18.7 Å². The topological polar surface area (TPSA) is 23.5 Å². The number of rotatable bonds is 6. The minimum Gasteiger partial charge on any atom is -0.387 e. The molecule has 0 aliphatic rings. The fourth-order valence-corrected chi connectivity index (χ4v) is 1.85. The van der Waals surface area contributed by atoms with Gasteiger partial charge in [-0.05, 0) is 25.6 Å². The molecule has 0 aliphatic heterocycles. The Morgan fingerprint density at radius 2 is 1.94 bits per heavy atom. The second-order valence-corrected chi connectivity index (χ2v) is 4.44. The summed E-state index contributed by atoms with van der Waals surface area (Å²) in [5, 5.41) is 9.95. The molecule has 1 aromatic rings. The van der Waals surface area contributed by atoms with E-state index < -0.39 is 17.7 Å². The molecule has 0 aliphatic carbocycles. The van der Waals surface area contributed by atoms with Crippen LogP contribution in [0.15, 0.2) is 30.4 Å². The molecule has 18 heavy (non-hydrogen) atoms. The SMILES string of the molecule is C=C(C)CN(CC)CC(O)c1c(F)cccc1F. The summed E-state index contributed by atoms with van der Waals surface area (Å²) in [6.45, 7) is 9.05. The Kier molecular flexibility index (Phi) is 5.44. The largest absolute Gasteiger partial charge is 0.387 e. The summed E-state index contributed by atoms with van der Waals surface area (Å²) in [6, 6.07) is 3.58. The Hall–Kier alpha value is -1.26. The molecule has 1 atom stereocenters. The third kappa shape index (κ3) is 3.89. The van der Waals surface area contributed by atoms with Crippen molar-refractivity contribution in [1.82, 2.24) is 4.90 Å².